The van der Waals surface area contributed by atoms with Crippen LogP contribution in [0.1, 0.15) is 30.2 Å². The molecule has 0 radical (unpaired) electrons. The Hall–Kier alpha value is -1.37. The van der Waals surface area contributed by atoms with Gasteiger partial charge in [0.2, 0.25) is 0 Å². The van der Waals surface area contributed by atoms with E-state index in [9.17, 15) is 4.39 Å². The van der Waals surface area contributed by atoms with Crippen molar-refractivity contribution in [1.82, 2.24) is 14.8 Å². The predicted molar refractivity (Wildman–Crippen MR) is 99.4 cm³/mol. The minimum absolute atomic E-state index is 0.326. The van der Waals surface area contributed by atoms with Gasteiger partial charge in [0.15, 0.2) is 11.0 Å². The zero-order valence-corrected chi connectivity index (χ0v) is 16.0. The number of hydrogen-bond donors (Lipinski definition) is 0. The first-order valence-electron chi connectivity index (χ1n) is 7.50. The summed E-state index contributed by atoms with van der Waals surface area (Å²) in [4.78, 5) is 1.33. The molecule has 7 heteroatoms. The molecule has 126 valence electrons. The standard InChI is InChI=1S/C17H17ClFN3S2/c1-10(2)15-6-12(9-23-15)16-20-21-17(22(16)3)24-8-11-4-5-13(19)7-14(11)18/h4-7,9-10H,8H2,1-3H3. The van der Waals surface area contributed by atoms with Crippen molar-refractivity contribution in [1.29, 1.82) is 0 Å². The SMILES string of the molecule is CC(C)c1cc(-c2nnc(SCc3ccc(F)cc3Cl)n2C)cs1. The van der Waals surface area contributed by atoms with Crippen LogP contribution in [0.5, 0.6) is 0 Å². The first-order valence-corrected chi connectivity index (χ1v) is 9.75. The van der Waals surface area contributed by atoms with Crippen molar-refractivity contribution in [2.45, 2.75) is 30.7 Å². The van der Waals surface area contributed by atoms with Gasteiger partial charge in [-0.05, 0) is 29.7 Å². The molecule has 0 aliphatic carbocycles. The number of rotatable bonds is 5. The van der Waals surface area contributed by atoms with E-state index in [0.29, 0.717) is 16.7 Å². The Bertz CT molecular complexity index is 857. The molecule has 0 spiro atoms. The molecule has 0 amide bonds. The molecule has 0 atom stereocenters. The van der Waals surface area contributed by atoms with Gasteiger partial charge in [-0.3, -0.25) is 0 Å². The van der Waals surface area contributed by atoms with Gasteiger partial charge in [-0.25, -0.2) is 4.39 Å². The third-order valence-corrected chi connectivity index (χ3v) is 6.31. The molecule has 0 saturated carbocycles. The zero-order valence-electron chi connectivity index (χ0n) is 13.6. The highest BCUT2D eigenvalue weighted by molar-refractivity contribution is 7.98. The van der Waals surface area contributed by atoms with Crippen molar-refractivity contribution in [3.8, 4) is 11.4 Å². The molecule has 0 unspecified atom stereocenters. The first kappa shape index (κ1) is 17.5. The summed E-state index contributed by atoms with van der Waals surface area (Å²) in [7, 11) is 1.96. The van der Waals surface area contributed by atoms with Crippen LogP contribution < -0.4 is 0 Å². The monoisotopic (exact) mass is 381 g/mol. The smallest absolute Gasteiger partial charge is 0.191 e. The lowest BCUT2D eigenvalue weighted by Crippen LogP contribution is -1.94. The van der Waals surface area contributed by atoms with Crippen LogP contribution in [0, 0.1) is 5.82 Å². The lowest BCUT2D eigenvalue weighted by Gasteiger charge is -2.05. The Morgan fingerprint density at radius 2 is 2.08 bits per heavy atom. The van der Waals surface area contributed by atoms with Gasteiger partial charge in [-0.2, -0.15) is 0 Å². The van der Waals surface area contributed by atoms with Crippen LogP contribution in [0.15, 0.2) is 34.8 Å². The largest absolute Gasteiger partial charge is 0.305 e. The number of aromatic nitrogens is 3. The normalized spacial score (nSPS) is 11.4. The Labute approximate surface area is 153 Å². The maximum Gasteiger partial charge on any atom is 0.191 e. The van der Waals surface area contributed by atoms with Crippen molar-refractivity contribution >= 4 is 34.7 Å². The van der Waals surface area contributed by atoms with E-state index >= 15 is 0 Å². The average Bonchev–Trinajstić information content (AvgIpc) is 3.13. The Morgan fingerprint density at radius 3 is 2.75 bits per heavy atom. The summed E-state index contributed by atoms with van der Waals surface area (Å²) in [5, 5.41) is 11.9. The van der Waals surface area contributed by atoms with E-state index in [4.69, 9.17) is 11.6 Å². The molecular weight excluding hydrogens is 365 g/mol. The summed E-state index contributed by atoms with van der Waals surface area (Å²) >= 11 is 9.35. The van der Waals surface area contributed by atoms with Gasteiger partial charge in [0.25, 0.3) is 0 Å². The van der Waals surface area contributed by atoms with E-state index in [1.165, 1.54) is 28.8 Å². The maximum absolute atomic E-state index is 13.1. The highest BCUT2D eigenvalue weighted by atomic mass is 35.5. The number of nitrogens with zero attached hydrogens (tertiary/aromatic N) is 3. The second-order valence-electron chi connectivity index (χ2n) is 5.78. The van der Waals surface area contributed by atoms with Gasteiger partial charge in [-0.1, -0.05) is 43.3 Å². The van der Waals surface area contributed by atoms with Gasteiger partial charge >= 0.3 is 0 Å². The van der Waals surface area contributed by atoms with E-state index in [-0.39, 0.29) is 5.82 Å². The lowest BCUT2D eigenvalue weighted by molar-refractivity contribution is 0.627. The Balaban J connectivity index is 1.77. The van der Waals surface area contributed by atoms with Crippen molar-refractivity contribution in [3.05, 3.63) is 50.9 Å². The highest BCUT2D eigenvalue weighted by Crippen LogP contribution is 2.31. The van der Waals surface area contributed by atoms with Crippen molar-refractivity contribution in [2.24, 2.45) is 7.05 Å². The zero-order chi connectivity index (χ0) is 17.3. The topological polar surface area (TPSA) is 30.7 Å². The summed E-state index contributed by atoms with van der Waals surface area (Å²) in [5.74, 6) is 1.65. The van der Waals surface area contributed by atoms with Crippen LogP contribution in [0.3, 0.4) is 0 Å². The Kier molecular flexibility index (Phi) is 5.27. The molecular formula is C17H17ClFN3S2. The predicted octanol–water partition coefficient (Wildman–Crippen LogP) is 5.75. The minimum atomic E-state index is -0.326. The molecule has 0 saturated heterocycles. The number of benzene rings is 1. The fourth-order valence-electron chi connectivity index (χ4n) is 2.25. The summed E-state index contributed by atoms with van der Waals surface area (Å²) in [5.41, 5.74) is 1.97. The lowest BCUT2D eigenvalue weighted by atomic mass is 10.1. The van der Waals surface area contributed by atoms with Crippen LogP contribution in [-0.4, -0.2) is 14.8 Å². The van der Waals surface area contributed by atoms with E-state index < -0.39 is 0 Å². The van der Waals surface area contributed by atoms with Crippen LogP contribution in [-0.2, 0) is 12.8 Å². The van der Waals surface area contributed by atoms with E-state index in [0.717, 1.165) is 22.1 Å². The van der Waals surface area contributed by atoms with Crippen LogP contribution >= 0.6 is 34.7 Å². The first-order chi connectivity index (χ1) is 11.5. The van der Waals surface area contributed by atoms with E-state index in [1.54, 1.807) is 17.4 Å². The molecule has 3 aromatic rings. The average molecular weight is 382 g/mol. The van der Waals surface area contributed by atoms with Crippen LogP contribution in [0.25, 0.3) is 11.4 Å². The highest BCUT2D eigenvalue weighted by Gasteiger charge is 2.14. The summed E-state index contributed by atoms with van der Waals surface area (Å²) in [6.45, 7) is 4.36. The summed E-state index contributed by atoms with van der Waals surface area (Å²) < 4.78 is 15.1. The third-order valence-electron chi connectivity index (χ3n) is 3.65. The summed E-state index contributed by atoms with van der Waals surface area (Å²) in [6.07, 6.45) is 0. The fraction of sp³-hybridized carbons (Fsp3) is 0.294. The Morgan fingerprint density at radius 1 is 1.29 bits per heavy atom. The van der Waals surface area contributed by atoms with Gasteiger partial charge in [-0.15, -0.1) is 21.5 Å². The van der Waals surface area contributed by atoms with E-state index in [1.807, 2.05) is 11.6 Å². The molecule has 0 aliphatic heterocycles. The fourth-order valence-corrected chi connectivity index (χ4v) is 4.38. The number of thioether (sulfide) groups is 1. The third kappa shape index (κ3) is 3.66. The van der Waals surface area contributed by atoms with Gasteiger partial charge < -0.3 is 4.57 Å². The van der Waals surface area contributed by atoms with Gasteiger partial charge in [0, 0.05) is 33.6 Å². The van der Waals surface area contributed by atoms with E-state index in [2.05, 4.69) is 35.5 Å². The maximum atomic E-state index is 13.1. The molecule has 3 rings (SSSR count). The van der Waals surface area contributed by atoms with Gasteiger partial charge in [0.05, 0.1) is 0 Å². The van der Waals surface area contributed by atoms with Crippen LogP contribution in [0.4, 0.5) is 4.39 Å². The molecule has 0 aliphatic rings. The molecule has 1 aromatic carbocycles. The number of halogens is 2. The summed E-state index contributed by atoms with van der Waals surface area (Å²) in [6, 6.07) is 6.63. The second kappa shape index (κ2) is 7.25. The molecule has 0 bridgehead atoms. The van der Waals surface area contributed by atoms with Gasteiger partial charge in [0.1, 0.15) is 5.82 Å². The molecule has 2 aromatic heterocycles. The molecule has 0 fully saturated rings. The quantitative estimate of drug-likeness (QED) is 0.527. The van der Waals surface area contributed by atoms with Crippen molar-refractivity contribution < 1.29 is 4.39 Å². The number of thiophene rings is 1. The van der Waals surface area contributed by atoms with Crippen LogP contribution in [0.2, 0.25) is 5.02 Å². The van der Waals surface area contributed by atoms with Crippen molar-refractivity contribution in [3.63, 3.8) is 0 Å². The second-order valence-corrected chi connectivity index (χ2v) is 8.07. The number of hydrogen-bond acceptors (Lipinski definition) is 4. The minimum Gasteiger partial charge on any atom is -0.305 e. The molecule has 3 nitrogen and oxygen atoms in total. The van der Waals surface area contributed by atoms with Crippen molar-refractivity contribution in [2.75, 3.05) is 0 Å². The molecule has 24 heavy (non-hydrogen) atoms. The molecule has 0 N–H and O–H groups in total. The molecule has 2 heterocycles.